The molecule has 0 amide bonds. The van der Waals surface area contributed by atoms with Crippen molar-refractivity contribution in [1.82, 2.24) is 24.4 Å². The van der Waals surface area contributed by atoms with E-state index < -0.39 is 0 Å². The van der Waals surface area contributed by atoms with Gasteiger partial charge in [0.2, 0.25) is 0 Å². The summed E-state index contributed by atoms with van der Waals surface area (Å²) in [4.78, 5) is 15.0. The number of aromatic nitrogens is 4. The second-order valence-corrected chi connectivity index (χ2v) is 7.28. The van der Waals surface area contributed by atoms with Crippen LogP contribution in [0.15, 0.2) is 65.9 Å². The van der Waals surface area contributed by atoms with Crippen molar-refractivity contribution in [3.8, 4) is 5.82 Å². The second kappa shape index (κ2) is 6.55. The van der Waals surface area contributed by atoms with E-state index in [1.54, 1.807) is 11.3 Å². The number of fused-ring (bicyclic) bond motifs is 1. The van der Waals surface area contributed by atoms with Gasteiger partial charge in [0, 0.05) is 43.3 Å². The van der Waals surface area contributed by atoms with Crippen LogP contribution in [0.25, 0.3) is 5.82 Å². The maximum absolute atomic E-state index is 4.64. The number of hydrogen-bond donors (Lipinski definition) is 1. The van der Waals surface area contributed by atoms with Crippen LogP contribution in [-0.2, 0) is 13.0 Å². The summed E-state index contributed by atoms with van der Waals surface area (Å²) in [6.45, 7) is 1.86. The first-order chi connectivity index (χ1) is 12.9. The van der Waals surface area contributed by atoms with Gasteiger partial charge in [-0.2, -0.15) is 11.3 Å². The first kappa shape index (κ1) is 15.5. The molecule has 0 saturated heterocycles. The van der Waals surface area contributed by atoms with Gasteiger partial charge < -0.3 is 9.55 Å². The van der Waals surface area contributed by atoms with Gasteiger partial charge in [-0.15, -0.1) is 0 Å². The number of rotatable bonds is 4. The Kier molecular flexibility index (Phi) is 3.92. The number of aromatic amines is 1. The SMILES string of the molecule is c1ccc(-n2cccc2CN2CCc3[nH]cnc3C2c2ccsc2)nc1. The largest absolute Gasteiger partial charge is 0.348 e. The molecule has 26 heavy (non-hydrogen) atoms. The Morgan fingerprint density at radius 1 is 1.15 bits per heavy atom. The number of thiophene rings is 1. The fourth-order valence-corrected chi connectivity index (χ4v) is 4.45. The molecule has 0 aliphatic carbocycles. The molecule has 1 aliphatic heterocycles. The van der Waals surface area contributed by atoms with Crippen LogP contribution >= 0.6 is 11.3 Å². The van der Waals surface area contributed by atoms with Crippen LogP contribution in [0.3, 0.4) is 0 Å². The number of H-pyrrole nitrogens is 1. The van der Waals surface area contributed by atoms with Crippen LogP contribution in [0.4, 0.5) is 0 Å². The molecule has 1 unspecified atom stereocenters. The van der Waals surface area contributed by atoms with E-state index in [-0.39, 0.29) is 6.04 Å². The van der Waals surface area contributed by atoms with E-state index in [1.165, 1.54) is 17.0 Å². The van der Waals surface area contributed by atoms with Crippen molar-refractivity contribution in [2.75, 3.05) is 6.54 Å². The Morgan fingerprint density at radius 3 is 3.00 bits per heavy atom. The van der Waals surface area contributed by atoms with Gasteiger partial charge in [-0.1, -0.05) is 6.07 Å². The minimum Gasteiger partial charge on any atom is -0.348 e. The van der Waals surface area contributed by atoms with Crippen LogP contribution in [0.1, 0.15) is 28.7 Å². The predicted octanol–water partition coefficient (Wildman–Crippen LogP) is 3.80. The molecule has 1 aliphatic rings. The quantitative estimate of drug-likeness (QED) is 0.601. The standard InChI is InChI=1S/C20H19N5S/c1-2-8-21-18(5-1)25-9-3-4-16(25)12-24-10-6-17-19(23-14-22-17)20(24)15-7-11-26-13-15/h1-5,7-9,11,13-14,20H,6,10,12H2,(H,22,23). The summed E-state index contributed by atoms with van der Waals surface area (Å²) in [5, 5.41) is 4.38. The summed E-state index contributed by atoms with van der Waals surface area (Å²) in [5.74, 6) is 0.956. The lowest BCUT2D eigenvalue weighted by atomic mass is 9.97. The Labute approximate surface area is 156 Å². The molecule has 0 spiro atoms. The third kappa shape index (κ3) is 2.67. The monoisotopic (exact) mass is 361 g/mol. The Morgan fingerprint density at radius 2 is 2.15 bits per heavy atom. The number of nitrogens with one attached hydrogen (secondary N) is 1. The predicted molar refractivity (Wildman–Crippen MR) is 102 cm³/mol. The fourth-order valence-electron chi connectivity index (χ4n) is 3.77. The summed E-state index contributed by atoms with van der Waals surface area (Å²) >= 11 is 1.74. The highest BCUT2D eigenvalue weighted by Crippen LogP contribution is 2.35. The average molecular weight is 361 g/mol. The highest BCUT2D eigenvalue weighted by atomic mass is 32.1. The topological polar surface area (TPSA) is 49.7 Å². The van der Waals surface area contributed by atoms with Crippen molar-refractivity contribution in [2.24, 2.45) is 0 Å². The normalized spacial score (nSPS) is 17.3. The lowest BCUT2D eigenvalue weighted by Crippen LogP contribution is -2.36. The Balaban J connectivity index is 1.50. The van der Waals surface area contributed by atoms with Crippen molar-refractivity contribution >= 4 is 11.3 Å². The molecule has 4 aromatic rings. The highest BCUT2D eigenvalue weighted by Gasteiger charge is 2.31. The summed E-state index contributed by atoms with van der Waals surface area (Å²) < 4.78 is 2.17. The first-order valence-corrected chi connectivity index (χ1v) is 9.70. The van der Waals surface area contributed by atoms with E-state index in [0.717, 1.165) is 31.0 Å². The maximum Gasteiger partial charge on any atom is 0.136 e. The highest BCUT2D eigenvalue weighted by molar-refractivity contribution is 7.08. The molecule has 1 N–H and O–H groups in total. The fraction of sp³-hybridized carbons (Fsp3) is 0.200. The van der Waals surface area contributed by atoms with Gasteiger partial charge in [-0.3, -0.25) is 4.90 Å². The number of hydrogen-bond acceptors (Lipinski definition) is 4. The minimum absolute atomic E-state index is 0.198. The van der Waals surface area contributed by atoms with E-state index in [4.69, 9.17) is 0 Å². The van der Waals surface area contributed by atoms with Gasteiger partial charge in [0.15, 0.2) is 0 Å². The Bertz CT molecular complexity index is 986. The number of pyridine rings is 1. The van der Waals surface area contributed by atoms with Gasteiger partial charge in [0.05, 0.1) is 18.1 Å². The van der Waals surface area contributed by atoms with Crippen LogP contribution in [-0.4, -0.2) is 31.0 Å². The zero-order valence-electron chi connectivity index (χ0n) is 14.2. The second-order valence-electron chi connectivity index (χ2n) is 6.50. The Hall–Kier alpha value is -2.70. The summed E-state index contributed by atoms with van der Waals surface area (Å²) in [5.41, 5.74) is 4.98. The molecule has 130 valence electrons. The van der Waals surface area contributed by atoms with Crippen molar-refractivity contribution < 1.29 is 0 Å². The molecule has 0 aromatic carbocycles. The molecular weight excluding hydrogens is 342 g/mol. The average Bonchev–Trinajstić information content (AvgIpc) is 3.44. The lowest BCUT2D eigenvalue weighted by molar-refractivity contribution is 0.197. The number of nitrogens with zero attached hydrogens (tertiary/aromatic N) is 4. The number of imidazole rings is 1. The van der Waals surface area contributed by atoms with Gasteiger partial charge in [0.1, 0.15) is 5.82 Å². The van der Waals surface area contributed by atoms with Crippen molar-refractivity contribution in [3.05, 3.63) is 88.5 Å². The molecule has 5 nitrogen and oxygen atoms in total. The molecule has 5 heterocycles. The minimum atomic E-state index is 0.198. The third-order valence-corrected chi connectivity index (χ3v) is 5.68. The zero-order chi connectivity index (χ0) is 17.3. The van der Waals surface area contributed by atoms with Crippen LogP contribution in [0.5, 0.6) is 0 Å². The van der Waals surface area contributed by atoms with Gasteiger partial charge in [-0.25, -0.2) is 9.97 Å². The summed E-state index contributed by atoms with van der Waals surface area (Å²) in [7, 11) is 0. The molecule has 0 bridgehead atoms. The molecule has 0 saturated carbocycles. The van der Waals surface area contributed by atoms with E-state index in [9.17, 15) is 0 Å². The molecule has 4 aromatic heterocycles. The van der Waals surface area contributed by atoms with Gasteiger partial charge in [-0.05, 0) is 46.7 Å². The third-order valence-electron chi connectivity index (χ3n) is 4.98. The molecule has 0 radical (unpaired) electrons. The van der Waals surface area contributed by atoms with Crippen molar-refractivity contribution in [3.63, 3.8) is 0 Å². The summed E-state index contributed by atoms with van der Waals surface area (Å²) in [6.07, 6.45) is 6.75. The van der Waals surface area contributed by atoms with Gasteiger partial charge in [0.25, 0.3) is 0 Å². The smallest absolute Gasteiger partial charge is 0.136 e. The molecule has 6 heteroatoms. The molecule has 0 fully saturated rings. The van der Waals surface area contributed by atoms with Crippen LogP contribution in [0, 0.1) is 0 Å². The summed E-state index contributed by atoms with van der Waals surface area (Å²) in [6, 6.07) is 12.7. The maximum atomic E-state index is 4.64. The van der Waals surface area contributed by atoms with Crippen LogP contribution < -0.4 is 0 Å². The molecular formula is C20H19N5S. The molecule has 1 atom stereocenters. The van der Waals surface area contributed by atoms with Crippen LogP contribution in [0.2, 0.25) is 0 Å². The van der Waals surface area contributed by atoms with Crippen molar-refractivity contribution in [1.29, 1.82) is 0 Å². The first-order valence-electron chi connectivity index (χ1n) is 8.76. The molecule has 5 rings (SSSR count). The van der Waals surface area contributed by atoms with E-state index in [1.807, 2.05) is 30.7 Å². The van der Waals surface area contributed by atoms with E-state index in [0.29, 0.717) is 0 Å². The van der Waals surface area contributed by atoms with Gasteiger partial charge >= 0.3 is 0 Å². The lowest BCUT2D eigenvalue weighted by Gasteiger charge is -2.34. The van der Waals surface area contributed by atoms with E-state index >= 15 is 0 Å². The van der Waals surface area contributed by atoms with Crippen molar-refractivity contribution in [2.45, 2.75) is 19.0 Å². The van der Waals surface area contributed by atoms with E-state index in [2.05, 4.69) is 59.6 Å². The zero-order valence-corrected chi connectivity index (χ0v) is 15.1.